The first-order valence-electron chi connectivity index (χ1n) is 9.14. The van der Waals surface area contributed by atoms with Crippen molar-refractivity contribution in [2.45, 2.75) is 64.2 Å². The molecule has 2 saturated carbocycles. The van der Waals surface area contributed by atoms with E-state index in [0.717, 1.165) is 25.7 Å². The first kappa shape index (κ1) is 16.8. The zero-order chi connectivity index (χ0) is 16.2. The number of hydrogen-bond acceptors (Lipinski definition) is 4. The molecule has 130 valence electrons. The van der Waals surface area contributed by atoms with Crippen molar-refractivity contribution in [2.24, 2.45) is 17.8 Å². The maximum atomic E-state index is 12.5. The van der Waals surface area contributed by atoms with Crippen LogP contribution in [-0.4, -0.2) is 36.6 Å². The Morgan fingerprint density at radius 2 is 2.17 bits per heavy atom. The van der Waals surface area contributed by atoms with Gasteiger partial charge in [-0.1, -0.05) is 0 Å². The van der Waals surface area contributed by atoms with Crippen LogP contribution in [0.1, 0.15) is 51.9 Å². The predicted molar refractivity (Wildman–Crippen MR) is 86.4 cm³/mol. The summed E-state index contributed by atoms with van der Waals surface area (Å²) in [5, 5.41) is 12.2. The fourth-order valence-corrected chi connectivity index (χ4v) is 3.61. The average molecular weight is 323 g/mol. The summed E-state index contributed by atoms with van der Waals surface area (Å²) in [4.78, 5) is 12.5. The molecule has 5 heteroatoms. The highest BCUT2D eigenvalue weighted by Crippen LogP contribution is 2.47. The van der Waals surface area contributed by atoms with Crippen LogP contribution in [0.3, 0.4) is 0 Å². The number of aliphatic hydroxyl groups excluding tert-OH is 1. The number of aliphatic hydroxyl groups is 1. The molecular formula is C18H29NO4. The third kappa shape index (κ3) is 4.07. The van der Waals surface area contributed by atoms with Crippen LogP contribution in [-0.2, 0) is 14.3 Å². The first-order chi connectivity index (χ1) is 11.2. The summed E-state index contributed by atoms with van der Waals surface area (Å²) in [6.45, 7) is 2.70. The third-order valence-electron chi connectivity index (χ3n) is 5.29. The number of rotatable bonds is 8. The van der Waals surface area contributed by atoms with Gasteiger partial charge in [0.25, 0.3) is 5.91 Å². The van der Waals surface area contributed by atoms with E-state index in [4.69, 9.17) is 14.6 Å². The molecule has 0 aromatic rings. The van der Waals surface area contributed by atoms with Gasteiger partial charge < -0.3 is 19.9 Å². The Morgan fingerprint density at radius 1 is 1.39 bits per heavy atom. The smallest absolute Gasteiger partial charge is 0.286 e. The topological polar surface area (TPSA) is 67.8 Å². The SMILES string of the molecule is CCO[C@@H]1OC(C(=O)NC2CCC2)=C[C@H](C2CC2)[C@@H]1CCCO. The summed E-state index contributed by atoms with van der Waals surface area (Å²) in [5.74, 6) is 1.54. The molecule has 2 N–H and O–H groups in total. The van der Waals surface area contributed by atoms with Gasteiger partial charge in [0, 0.05) is 25.2 Å². The van der Waals surface area contributed by atoms with E-state index in [0.29, 0.717) is 30.2 Å². The molecule has 0 aromatic carbocycles. The van der Waals surface area contributed by atoms with Crippen LogP contribution in [0, 0.1) is 17.8 Å². The Bertz CT molecular complexity index is 442. The summed E-state index contributed by atoms with van der Waals surface area (Å²) >= 11 is 0. The quantitative estimate of drug-likeness (QED) is 0.719. The lowest BCUT2D eigenvalue weighted by Crippen LogP contribution is -2.44. The van der Waals surface area contributed by atoms with E-state index in [1.807, 2.05) is 13.0 Å². The van der Waals surface area contributed by atoms with Gasteiger partial charge in [-0.3, -0.25) is 4.79 Å². The molecule has 5 nitrogen and oxygen atoms in total. The van der Waals surface area contributed by atoms with Crippen molar-refractivity contribution >= 4 is 5.91 Å². The van der Waals surface area contributed by atoms with Crippen LogP contribution in [0.5, 0.6) is 0 Å². The fraction of sp³-hybridized carbons (Fsp3) is 0.833. The van der Waals surface area contributed by atoms with Gasteiger partial charge in [0.15, 0.2) is 5.76 Å². The highest BCUT2D eigenvalue weighted by molar-refractivity contribution is 5.91. The third-order valence-corrected chi connectivity index (χ3v) is 5.29. The van der Waals surface area contributed by atoms with Crippen molar-refractivity contribution in [3.05, 3.63) is 11.8 Å². The van der Waals surface area contributed by atoms with Gasteiger partial charge in [-0.25, -0.2) is 0 Å². The number of amides is 1. The summed E-state index contributed by atoms with van der Waals surface area (Å²) in [6.07, 6.45) is 9.04. The van der Waals surface area contributed by atoms with Crippen molar-refractivity contribution in [1.82, 2.24) is 5.32 Å². The molecule has 0 bridgehead atoms. The second-order valence-corrected chi connectivity index (χ2v) is 7.02. The van der Waals surface area contributed by atoms with E-state index in [-0.39, 0.29) is 24.7 Å². The number of ether oxygens (including phenoxy) is 2. The molecule has 1 aliphatic heterocycles. The summed E-state index contributed by atoms with van der Waals surface area (Å²) in [7, 11) is 0. The monoisotopic (exact) mass is 323 g/mol. The van der Waals surface area contributed by atoms with Gasteiger partial charge in [0.05, 0.1) is 0 Å². The Balaban J connectivity index is 1.72. The molecule has 2 fully saturated rings. The fourth-order valence-electron chi connectivity index (χ4n) is 3.61. The second-order valence-electron chi connectivity index (χ2n) is 7.02. The van der Waals surface area contributed by atoms with E-state index in [1.54, 1.807) is 0 Å². The molecule has 0 saturated heterocycles. The number of hydrogen-bond donors (Lipinski definition) is 2. The normalized spacial score (nSPS) is 31.0. The number of carbonyl (C=O) groups excluding carboxylic acids is 1. The molecule has 23 heavy (non-hydrogen) atoms. The van der Waals surface area contributed by atoms with E-state index < -0.39 is 0 Å². The number of allylic oxidation sites excluding steroid dienone is 1. The summed E-state index contributed by atoms with van der Waals surface area (Å²) < 4.78 is 11.7. The van der Waals surface area contributed by atoms with Crippen LogP contribution < -0.4 is 5.32 Å². The molecule has 2 aliphatic carbocycles. The average Bonchev–Trinajstić information content (AvgIpc) is 3.33. The molecule has 3 rings (SSSR count). The molecule has 0 spiro atoms. The molecular weight excluding hydrogens is 294 g/mol. The predicted octanol–water partition coefficient (Wildman–Crippen LogP) is 2.35. The maximum Gasteiger partial charge on any atom is 0.286 e. The first-order valence-corrected chi connectivity index (χ1v) is 9.14. The van der Waals surface area contributed by atoms with Crippen LogP contribution in [0.15, 0.2) is 11.8 Å². The van der Waals surface area contributed by atoms with Gasteiger partial charge in [-0.05, 0) is 69.8 Å². The zero-order valence-corrected chi connectivity index (χ0v) is 14.0. The maximum absolute atomic E-state index is 12.5. The Kier molecular flexibility index (Phi) is 5.59. The Hall–Kier alpha value is -1.07. The highest BCUT2D eigenvalue weighted by atomic mass is 16.7. The number of nitrogens with one attached hydrogen (secondary N) is 1. The molecule has 1 amide bonds. The largest absolute Gasteiger partial charge is 0.459 e. The second kappa shape index (κ2) is 7.67. The molecule has 3 aliphatic rings. The lowest BCUT2D eigenvalue weighted by molar-refractivity contribution is -0.174. The van der Waals surface area contributed by atoms with E-state index >= 15 is 0 Å². The molecule has 0 unspecified atom stereocenters. The molecule has 1 heterocycles. The molecule has 0 radical (unpaired) electrons. The van der Waals surface area contributed by atoms with Gasteiger partial charge in [0.1, 0.15) is 0 Å². The van der Waals surface area contributed by atoms with Crippen molar-refractivity contribution in [3.8, 4) is 0 Å². The standard InChI is InChI=1S/C18H29NO4/c1-2-22-18-14(7-4-10-20)15(12-8-9-12)11-16(23-18)17(21)19-13-5-3-6-13/h11-15,18,20H,2-10H2,1H3,(H,19,21)/t14-,15+,18+/m0/s1. The lowest BCUT2D eigenvalue weighted by atomic mass is 9.82. The van der Waals surface area contributed by atoms with Crippen molar-refractivity contribution in [1.29, 1.82) is 0 Å². The minimum atomic E-state index is -0.371. The van der Waals surface area contributed by atoms with Crippen LogP contribution >= 0.6 is 0 Å². The summed E-state index contributed by atoms with van der Waals surface area (Å²) in [6, 6.07) is 0.309. The summed E-state index contributed by atoms with van der Waals surface area (Å²) in [5.41, 5.74) is 0. The van der Waals surface area contributed by atoms with Crippen LogP contribution in [0.4, 0.5) is 0 Å². The van der Waals surface area contributed by atoms with Crippen LogP contribution in [0.2, 0.25) is 0 Å². The minimum absolute atomic E-state index is 0.0920. The highest BCUT2D eigenvalue weighted by Gasteiger charge is 2.44. The van der Waals surface area contributed by atoms with Gasteiger partial charge in [0.2, 0.25) is 6.29 Å². The van der Waals surface area contributed by atoms with Crippen LogP contribution in [0.25, 0.3) is 0 Å². The van der Waals surface area contributed by atoms with Crippen molar-refractivity contribution < 1.29 is 19.4 Å². The van der Waals surface area contributed by atoms with E-state index in [2.05, 4.69) is 5.32 Å². The number of carbonyl (C=O) groups is 1. The van der Waals surface area contributed by atoms with Crippen molar-refractivity contribution in [2.75, 3.05) is 13.2 Å². The van der Waals surface area contributed by atoms with Gasteiger partial charge >= 0.3 is 0 Å². The molecule has 3 atom stereocenters. The van der Waals surface area contributed by atoms with Gasteiger partial charge in [-0.2, -0.15) is 0 Å². The lowest BCUT2D eigenvalue weighted by Gasteiger charge is -2.37. The van der Waals surface area contributed by atoms with E-state index in [1.165, 1.54) is 19.3 Å². The Labute approximate surface area is 138 Å². The zero-order valence-electron chi connectivity index (χ0n) is 14.0. The Morgan fingerprint density at radius 3 is 2.74 bits per heavy atom. The molecule has 0 aromatic heterocycles. The van der Waals surface area contributed by atoms with Gasteiger partial charge in [-0.15, -0.1) is 0 Å². The van der Waals surface area contributed by atoms with E-state index in [9.17, 15) is 4.79 Å². The minimum Gasteiger partial charge on any atom is -0.459 e. The van der Waals surface area contributed by atoms with Crippen molar-refractivity contribution in [3.63, 3.8) is 0 Å².